The first-order chi connectivity index (χ1) is 9.39. The van der Waals surface area contributed by atoms with Crippen LogP contribution < -0.4 is 4.90 Å². The fourth-order valence-electron chi connectivity index (χ4n) is 2.75. The maximum Gasteiger partial charge on any atom is 0.152 e. The molecule has 1 heterocycles. The minimum absolute atomic E-state index is 0.653. The maximum atomic E-state index is 11.2. The largest absolute Gasteiger partial charge is 0.389 e. The molecule has 4 heteroatoms. The van der Waals surface area contributed by atoms with Gasteiger partial charge in [-0.25, -0.2) is 0 Å². The molecule has 1 aromatic carbocycles. The van der Waals surface area contributed by atoms with Crippen molar-refractivity contribution in [3.63, 3.8) is 0 Å². The van der Waals surface area contributed by atoms with Crippen LogP contribution in [0.2, 0.25) is 0 Å². The van der Waals surface area contributed by atoms with E-state index in [2.05, 4.69) is 9.80 Å². The molecule has 1 aromatic rings. The lowest BCUT2D eigenvalue weighted by atomic mass is 10.1. The molecule has 1 saturated heterocycles. The molecule has 2 rings (SSSR count). The van der Waals surface area contributed by atoms with Crippen LogP contribution in [0.5, 0.6) is 0 Å². The molecule has 0 unspecified atom stereocenters. The maximum absolute atomic E-state index is 11.2. The Morgan fingerprint density at radius 2 is 1.90 bits per heavy atom. The van der Waals surface area contributed by atoms with Crippen LogP contribution in [0.4, 0.5) is 5.69 Å². The number of β-amino-alcohol motifs (C(OH)–C–C–N with tert-alkyl or cyclic N) is 1. The monoisotopic (exact) mass is 276 g/mol. The summed E-state index contributed by atoms with van der Waals surface area (Å²) in [5.41, 5.74) is 2.24. The number of aryl methyl sites for hydroxylation is 1. The summed E-state index contributed by atoms with van der Waals surface area (Å²) in [6.07, 6.45) is 0.936. The lowest BCUT2D eigenvalue weighted by Crippen LogP contribution is -2.50. The van der Waals surface area contributed by atoms with E-state index in [1.165, 1.54) is 0 Å². The highest BCUT2D eigenvalue weighted by Crippen LogP contribution is 2.22. The summed E-state index contributed by atoms with van der Waals surface area (Å²) in [6.45, 7) is 9.97. The number of carbonyl (C=O) groups is 1. The number of nitrogens with zero attached hydrogens (tertiary/aromatic N) is 2. The predicted molar refractivity (Wildman–Crippen MR) is 81.5 cm³/mol. The number of anilines is 1. The van der Waals surface area contributed by atoms with Crippen LogP contribution in [0.1, 0.15) is 29.8 Å². The molecule has 0 aliphatic carbocycles. The molecule has 0 amide bonds. The van der Waals surface area contributed by atoms with Crippen molar-refractivity contribution >= 4 is 12.0 Å². The van der Waals surface area contributed by atoms with Gasteiger partial charge >= 0.3 is 0 Å². The highest BCUT2D eigenvalue weighted by Gasteiger charge is 2.23. The van der Waals surface area contributed by atoms with Crippen LogP contribution in [0, 0.1) is 6.92 Å². The number of piperazine rings is 1. The zero-order valence-corrected chi connectivity index (χ0v) is 12.6. The number of aliphatic hydroxyl groups is 1. The summed E-state index contributed by atoms with van der Waals surface area (Å²) >= 11 is 0. The molecule has 1 fully saturated rings. The third kappa shape index (κ3) is 3.81. The highest BCUT2D eigenvalue weighted by atomic mass is 16.3. The smallest absolute Gasteiger partial charge is 0.152 e. The average Bonchev–Trinajstić information content (AvgIpc) is 2.38. The van der Waals surface area contributed by atoms with Crippen LogP contribution in [-0.2, 0) is 0 Å². The topological polar surface area (TPSA) is 43.8 Å². The molecule has 0 saturated carbocycles. The second kappa shape index (κ2) is 5.94. The molecule has 1 aliphatic heterocycles. The van der Waals surface area contributed by atoms with Crippen molar-refractivity contribution in [3.8, 4) is 0 Å². The van der Waals surface area contributed by atoms with Gasteiger partial charge in [0.1, 0.15) is 0 Å². The summed E-state index contributed by atoms with van der Waals surface area (Å²) in [7, 11) is 0. The average molecular weight is 276 g/mol. The Morgan fingerprint density at radius 3 is 2.45 bits per heavy atom. The van der Waals surface area contributed by atoms with Gasteiger partial charge < -0.3 is 10.0 Å². The van der Waals surface area contributed by atoms with Crippen molar-refractivity contribution in [2.24, 2.45) is 0 Å². The van der Waals surface area contributed by atoms with Crippen molar-refractivity contribution in [1.29, 1.82) is 0 Å². The third-order valence-electron chi connectivity index (χ3n) is 3.63. The van der Waals surface area contributed by atoms with Gasteiger partial charge in [0, 0.05) is 44.0 Å². The molecule has 1 N–H and O–H groups in total. The Labute approximate surface area is 121 Å². The predicted octanol–water partition coefficient (Wildman–Crippen LogP) is 1.70. The molecule has 110 valence electrons. The second-order valence-electron chi connectivity index (χ2n) is 6.26. The standard InChI is InChI=1S/C16H24N2O2/c1-13-4-5-15(14(10-13)11-19)18-8-6-17(7-9-18)12-16(2,3)20/h4-5,10-11,20H,6-9,12H2,1-3H3. The number of hydrogen-bond acceptors (Lipinski definition) is 4. The molecule has 0 spiro atoms. The fraction of sp³-hybridized carbons (Fsp3) is 0.562. The van der Waals surface area contributed by atoms with Crippen LogP contribution >= 0.6 is 0 Å². The van der Waals surface area contributed by atoms with Gasteiger partial charge in [-0.1, -0.05) is 11.6 Å². The highest BCUT2D eigenvalue weighted by molar-refractivity contribution is 5.85. The summed E-state index contributed by atoms with van der Waals surface area (Å²) in [6, 6.07) is 6.02. The first-order valence-electron chi connectivity index (χ1n) is 7.14. The van der Waals surface area contributed by atoms with Crippen LogP contribution in [0.15, 0.2) is 18.2 Å². The number of benzene rings is 1. The van der Waals surface area contributed by atoms with E-state index in [0.29, 0.717) is 6.54 Å². The normalized spacial score (nSPS) is 17.3. The van der Waals surface area contributed by atoms with E-state index in [1.807, 2.05) is 39.0 Å². The summed E-state index contributed by atoms with van der Waals surface area (Å²) in [5.74, 6) is 0. The zero-order valence-electron chi connectivity index (χ0n) is 12.6. The SMILES string of the molecule is Cc1ccc(N2CCN(CC(C)(C)O)CC2)c(C=O)c1. The van der Waals surface area contributed by atoms with E-state index in [1.54, 1.807) is 0 Å². The quantitative estimate of drug-likeness (QED) is 0.850. The van der Waals surface area contributed by atoms with Gasteiger partial charge in [0.25, 0.3) is 0 Å². The van der Waals surface area contributed by atoms with E-state index in [4.69, 9.17) is 0 Å². The Bertz CT molecular complexity index is 472. The van der Waals surface area contributed by atoms with Crippen molar-refractivity contribution < 1.29 is 9.90 Å². The molecular formula is C16H24N2O2. The zero-order chi connectivity index (χ0) is 14.8. The molecule has 4 nitrogen and oxygen atoms in total. The van der Waals surface area contributed by atoms with Gasteiger partial charge in [0.2, 0.25) is 0 Å². The van der Waals surface area contributed by atoms with E-state index in [0.717, 1.165) is 49.3 Å². The van der Waals surface area contributed by atoms with Crippen molar-refractivity contribution in [3.05, 3.63) is 29.3 Å². The first-order valence-corrected chi connectivity index (χ1v) is 7.14. The Morgan fingerprint density at radius 1 is 1.25 bits per heavy atom. The van der Waals surface area contributed by atoms with Crippen molar-refractivity contribution in [1.82, 2.24) is 4.90 Å². The van der Waals surface area contributed by atoms with Crippen LogP contribution in [0.25, 0.3) is 0 Å². The lowest BCUT2D eigenvalue weighted by molar-refractivity contribution is 0.0345. The fourth-order valence-corrected chi connectivity index (χ4v) is 2.75. The Hall–Kier alpha value is -1.39. The van der Waals surface area contributed by atoms with Gasteiger partial charge in [-0.15, -0.1) is 0 Å². The third-order valence-corrected chi connectivity index (χ3v) is 3.63. The molecular weight excluding hydrogens is 252 g/mol. The van der Waals surface area contributed by atoms with Crippen LogP contribution in [0.3, 0.4) is 0 Å². The van der Waals surface area contributed by atoms with Crippen LogP contribution in [-0.4, -0.2) is 54.6 Å². The minimum atomic E-state index is -0.653. The van der Waals surface area contributed by atoms with E-state index < -0.39 is 5.60 Å². The van der Waals surface area contributed by atoms with E-state index >= 15 is 0 Å². The van der Waals surface area contributed by atoms with Crippen molar-refractivity contribution in [2.45, 2.75) is 26.4 Å². The molecule has 0 bridgehead atoms. The minimum Gasteiger partial charge on any atom is -0.389 e. The summed E-state index contributed by atoms with van der Waals surface area (Å²) in [5, 5.41) is 9.86. The molecule has 1 aliphatic rings. The first kappa shape index (κ1) is 15.0. The summed E-state index contributed by atoms with van der Waals surface area (Å²) < 4.78 is 0. The van der Waals surface area contributed by atoms with Gasteiger partial charge in [-0.2, -0.15) is 0 Å². The Kier molecular flexibility index (Phi) is 4.45. The van der Waals surface area contributed by atoms with Gasteiger partial charge in [0.15, 0.2) is 6.29 Å². The number of carbonyl (C=O) groups excluding carboxylic acids is 1. The molecule has 0 atom stereocenters. The number of rotatable bonds is 4. The molecule has 0 aromatic heterocycles. The van der Waals surface area contributed by atoms with E-state index in [9.17, 15) is 9.90 Å². The van der Waals surface area contributed by atoms with Crippen molar-refractivity contribution in [2.75, 3.05) is 37.6 Å². The molecule has 0 radical (unpaired) electrons. The lowest BCUT2D eigenvalue weighted by Gasteiger charge is -2.38. The Balaban J connectivity index is 2.02. The van der Waals surface area contributed by atoms with Gasteiger partial charge in [-0.3, -0.25) is 9.69 Å². The van der Waals surface area contributed by atoms with E-state index in [-0.39, 0.29) is 0 Å². The molecule has 20 heavy (non-hydrogen) atoms. The number of aldehydes is 1. The van der Waals surface area contributed by atoms with Gasteiger partial charge in [0.05, 0.1) is 5.60 Å². The summed E-state index contributed by atoms with van der Waals surface area (Å²) in [4.78, 5) is 15.7. The van der Waals surface area contributed by atoms with Gasteiger partial charge in [-0.05, 0) is 32.9 Å². The second-order valence-corrected chi connectivity index (χ2v) is 6.26. The number of hydrogen-bond donors (Lipinski definition) is 1.